The van der Waals surface area contributed by atoms with Crippen LogP contribution in [0.25, 0.3) is 11.1 Å². The van der Waals surface area contributed by atoms with Gasteiger partial charge in [0.2, 0.25) is 0 Å². The lowest BCUT2D eigenvalue weighted by atomic mass is 9.98. The Bertz CT molecular complexity index is 1040. The first kappa shape index (κ1) is 16.8. The number of hydrogen-bond donors (Lipinski definition) is 2. The maximum atomic E-state index is 12.4. The Morgan fingerprint density at radius 3 is 2.37 bits per heavy atom. The molecule has 0 saturated heterocycles. The number of nitro groups is 1. The molecule has 0 spiro atoms. The number of carbonyl (C=O) groups is 1. The van der Waals surface area contributed by atoms with Gasteiger partial charge in [-0.2, -0.15) is 0 Å². The van der Waals surface area contributed by atoms with Gasteiger partial charge in [0.15, 0.2) is 0 Å². The standard InChI is InChI=1S/C21H17N3O3/c1-13-4-2-3-5-17(13)14-6-8-15(9-7-14)20-22-19-11-10-16(24(26)27)12-18(19)21(25)23-20/h2-12,20,22H,1H3,(H,23,25)/t20-/m1/s1. The summed E-state index contributed by atoms with van der Waals surface area (Å²) in [6.45, 7) is 2.07. The van der Waals surface area contributed by atoms with Gasteiger partial charge in [-0.3, -0.25) is 14.9 Å². The molecule has 3 aromatic rings. The maximum absolute atomic E-state index is 12.4. The van der Waals surface area contributed by atoms with Crippen molar-refractivity contribution in [3.05, 3.63) is 93.5 Å². The van der Waals surface area contributed by atoms with E-state index in [0.29, 0.717) is 5.69 Å². The fourth-order valence-corrected chi connectivity index (χ4v) is 3.28. The van der Waals surface area contributed by atoms with Crippen molar-refractivity contribution < 1.29 is 9.72 Å². The van der Waals surface area contributed by atoms with E-state index in [1.165, 1.54) is 23.3 Å². The number of rotatable bonds is 3. The van der Waals surface area contributed by atoms with Crippen LogP contribution in [0.15, 0.2) is 66.7 Å². The number of nitrogens with zero attached hydrogens (tertiary/aromatic N) is 1. The van der Waals surface area contributed by atoms with Crippen LogP contribution >= 0.6 is 0 Å². The van der Waals surface area contributed by atoms with Crippen molar-refractivity contribution in [3.63, 3.8) is 0 Å². The number of amides is 1. The fraction of sp³-hybridized carbons (Fsp3) is 0.0952. The molecule has 0 radical (unpaired) electrons. The predicted molar refractivity (Wildman–Crippen MR) is 104 cm³/mol. The van der Waals surface area contributed by atoms with Gasteiger partial charge in [-0.05, 0) is 35.2 Å². The number of carbonyl (C=O) groups excluding carboxylic acids is 1. The molecule has 134 valence electrons. The largest absolute Gasteiger partial charge is 0.361 e. The van der Waals surface area contributed by atoms with E-state index < -0.39 is 11.1 Å². The first-order valence-electron chi connectivity index (χ1n) is 8.55. The van der Waals surface area contributed by atoms with E-state index >= 15 is 0 Å². The quantitative estimate of drug-likeness (QED) is 0.535. The summed E-state index contributed by atoms with van der Waals surface area (Å²) >= 11 is 0. The van der Waals surface area contributed by atoms with E-state index in [-0.39, 0.29) is 17.2 Å². The van der Waals surface area contributed by atoms with Crippen molar-refractivity contribution >= 4 is 17.3 Å². The Kier molecular flexibility index (Phi) is 4.08. The molecule has 1 amide bonds. The molecule has 1 atom stereocenters. The number of non-ortho nitro benzene ring substituents is 1. The molecule has 4 rings (SSSR count). The van der Waals surface area contributed by atoms with E-state index in [2.05, 4.69) is 29.7 Å². The summed E-state index contributed by atoms with van der Waals surface area (Å²) in [5.74, 6) is -0.333. The van der Waals surface area contributed by atoms with Crippen molar-refractivity contribution in [2.75, 3.05) is 5.32 Å². The lowest BCUT2D eigenvalue weighted by Crippen LogP contribution is -2.38. The summed E-state index contributed by atoms with van der Waals surface area (Å²) in [6, 6.07) is 20.4. The van der Waals surface area contributed by atoms with Crippen LogP contribution in [-0.2, 0) is 0 Å². The van der Waals surface area contributed by atoms with Crippen LogP contribution in [0.5, 0.6) is 0 Å². The SMILES string of the molecule is Cc1ccccc1-c1ccc([C@H]2NC(=O)c3cc([N+](=O)[O-])ccc3N2)cc1. The lowest BCUT2D eigenvalue weighted by molar-refractivity contribution is -0.384. The third kappa shape index (κ3) is 3.13. The molecule has 2 N–H and O–H groups in total. The van der Waals surface area contributed by atoms with E-state index in [1.54, 1.807) is 6.07 Å². The monoisotopic (exact) mass is 359 g/mol. The van der Waals surface area contributed by atoms with Crippen molar-refractivity contribution in [1.29, 1.82) is 0 Å². The predicted octanol–water partition coefficient (Wildman–Crippen LogP) is 4.42. The number of fused-ring (bicyclic) bond motifs is 1. The maximum Gasteiger partial charge on any atom is 0.270 e. The van der Waals surface area contributed by atoms with E-state index in [1.807, 2.05) is 36.4 Å². The highest BCUT2D eigenvalue weighted by Crippen LogP contribution is 2.31. The molecule has 1 aliphatic heterocycles. The summed E-state index contributed by atoms with van der Waals surface area (Å²) < 4.78 is 0. The molecule has 27 heavy (non-hydrogen) atoms. The molecule has 1 heterocycles. The molecule has 6 heteroatoms. The molecule has 0 fully saturated rings. The molecule has 0 saturated carbocycles. The Morgan fingerprint density at radius 1 is 0.926 bits per heavy atom. The average molecular weight is 359 g/mol. The Morgan fingerprint density at radius 2 is 1.67 bits per heavy atom. The zero-order chi connectivity index (χ0) is 19.0. The second-order valence-electron chi connectivity index (χ2n) is 6.47. The van der Waals surface area contributed by atoms with Gasteiger partial charge in [0.05, 0.1) is 10.5 Å². The van der Waals surface area contributed by atoms with Crippen LogP contribution in [0.3, 0.4) is 0 Å². The average Bonchev–Trinajstić information content (AvgIpc) is 2.68. The van der Waals surface area contributed by atoms with Gasteiger partial charge in [0, 0.05) is 17.8 Å². The number of benzene rings is 3. The van der Waals surface area contributed by atoms with Gasteiger partial charge in [-0.1, -0.05) is 48.5 Å². The smallest absolute Gasteiger partial charge is 0.270 e. The van der Waals surface area contributed by atoms with Gasteiger partial charge >= 0.3 is 0 Å². The summed E-state index contributed by atoms with van der Waals surface area (Å²) in [5.41, 5.74) is 5.13. The third-order valence-electron chi connectivity index (χ3n) is 4.73. The molecule has 0 aromatic heterocycles. The number of nitrogens with one attached hydrogen (secondary N) is 2. The van der Waals surface area contributed by atoms with Gasteiger partial charge in [0.25, 0.3) is 11.6 Å². The lowest BCUT2D eigenvalue weighted by Gasteiger charge is -2.28. The molecule has 0 bridgehead atoms. The molecule has 1 aliphatic rings. The summed E-state index contributed by atoms with van der Waals surface area (Å²) in [4.78, 5) is 22.8. The number of hydrogen-bond acceptors (Lipinski definition) is 4. The van der Waals surface area contributed by atoms with Gasteiger partial charge < -0.3 is 10.6 Å². The highest BCUT2D eigenvalue weighted by atomic mass is 16.6. The Balaban J connectivity index is 1.61. The first-order chi connectivity index (χ1) is 13.0. The molecule has 0 unspecified atom stereocenters. The topological polar surface area (TPSA) is 84.3 Å². The van der Waals surface area contributed by atoms with Crippen LogP contribution < -0.4 is 10.6 Å². The zero-order valence-corrected chi connectivity index (χ0v) is 14.6. The van der Waals surface area contributed by atoms with Crippen molar-refractivity contribution in [2.45, 2.75) is 13.1 Å². The molecular weight excluding hydrogens is 342 g/mol. The van der Waals surface area contributed by atoms with Crippen LogP contribution in [0.1, 0.15) is 27.7 Å². The minimum absolute atomic E-state index is 0.105. The molecule has 6 nitrogen and oxygen atoms in total. The Labute approximate surface area is 156 Å². The number of aryl methyl sites for hydroxylation is 1. The molecule has 3 aromatic carbocycles. The molecular formula is C21H17N3O3. The zero-order valence-electron chi connectivity index (χ0n) is 14.6. The van der Waals surface area contributed by atoms with E-state index in [4.69, 9.17) is 0 Å². The first-order valence-corrected chi connectivity index (χ1v) is 8.55. The summed E-state index contributed by atoms with van der Waals surface area (Å²) in [6.07, 6.45) is -0.391. The van der Waals surface area contributed by atoms with E-state index in [0.717, 1.165) is 11.1 Å². The van der Waals surface area contributed by atoms with Gasteiger partial charge in [-0.15, -0.1) is 0 Å². The van der Waals surface area contributed by atoms with Crippen molar-refractivity contribution in [2.24, 2.45) is 0 Å². The molecule has 0 aliphatic carbocycles. The second kappa shape index (κ2) is 6.57. The highest BCUT2D eigenvalue weighted by Gasteiger charge is 2.26. The summed E-state index contributed by atoms with van der Waals surface area (Å²) in [5, 5.41) is 17.0. The minimum Gasteiger partial charge on any atom is -0.361 e. The van der Waals surface area contributed by atoms with Crippen molar-refractivity contribution in [3.8, 4) is 11.1 Å². The Hall–Kier alpha value is -3.67. The third-order valence-corrected chi connectivity index (χ3v) is 4.73. The van der Waals surface area contributed by atoms with Crippen molar-refractivity contribution in [1.82, 2.24) is 5.32 Å². The second-order valence-corrected chi connectivity index (χ2v) is 6.47. The fourth-order valence-electron chi connectivity index (χ4n) is 3.28. The minimum atomic E-state index is -0.510. The number of nitro benzene ring substituents is 1. The van der Waals surface area contributed by atoms with Crippen LogP contribution in [0, 0.1) is 17.0 Å². The van der Waals surface area contributed by atoms with Gasteiger partial charge in [0.1, 0.15) is 6.17 Å². The van der Waals surface area contributed by atoms with Crippen LogP contribution in [0.2, 0.25) is 0 Å². The van der Waals surface area contributed by atoms with E-state index in [9.17, 15) is 14.9 Å². The van der Waals surface area contributed by atoms with Crippen LogP contribution in [-0.4, -0.2) is 10.8 Å². The number of anilines is 1. The normalized spacial score (nSPS) is 15.4. The van der Waals surface area contributed by atoms with Gasteiger partial charge in [-0.25, -0.2) is 0 Å². The van der Waals surface area contributed by atoms with Crippen LogP contribution in [0.4, 0.5) is 11.4 Å². The summed E-state index contributed by atoms with van der Waals surface area (Å²) in [7, 11) is 0. The highest BCUT2D eigenvalue weighted by molar-refractivity contribution is 6.02.